The molecular weight excluding hydrogens is 789 g/mol. The van der Waals surface area contributed by atoms with Crippen molar-refractivity contribution in [2.75, 3.05) is 0 Å². The number of nitriles is 4. The summed E-state index contributed by atoms with van der Waals surface area (Å²) in [7, 11) is 0. The van der Waals surface area contributed by atoms with Gasteiger partial charge in [0, 0.05) is 55.6 Å². The lowest BCUT2D eigenvalue weighted by Crippen LogP contribution is -2.04. The van der Waals surface area contributed by atoms with E-state index in [2.05, 4.69) is 50.5 Å². The minimum atomic E-state index is 0.473. The lowest BCUT2D eigenvalue weighted by atomic mass is 9.99. The molecule has 294 valence electrons. The average molecular weight is 817 g/mol. The van der Waals surface area contributed by atoms with Crippen LogP contribution in [0.25, 0.3) is 100 Å². The van der Waals surface area contributed by atoms with Crippen LogP contribution in [0, 0.1) is 45.3 Å². The first-order chi connectivity index (χ1) is 31.5. The van der Waals surface area contributed by atoms with Crippen LogP contribution in [-0.4, -0.2) is 29.1 Å². The monoisotopic (exact) mass is 816 g/mol. The van der Waals surface area contributed by atoms with Crippen molar-refractivity contribution in [3.05, 3.63) is 192 Å². The molecule has 4 heterocycles. The Balaban J connectivity index is 1.24. The summed E-state index contributed by atoms with van der Waals surface area (Å²) in [5, 5.41) is 43.1. The van der Waals surface area contributed by atoms with Gasteiger partial charge in [0.2, 0.25) is 0 Å². The first-order valence-corrected chi connectivity index (χ1v) is 20.3. The second kappa shape index (κ2) is 15.1. The molecule has 0 unspecified atom stereocenters. The van der Waals surface area contributed by atoms with Crippen LogP contribution in [0.1, 0.15) is 22.3 Å². The maximum atomic E-state index is 9.97. The van der Waals surface area contributed by atoms with Crippen LogP contribution in [0.15, 0.2) is 170 Å². The maximum Gasteiger partial charge on any atom is 0.164 e. The van der Waals surface area contributed by atoms with Crippen molar-refractivity contribution in [2.45, 2.75) is 0 Å². The van der Waals surface area contributed by atoms with Crippen molar-refractivity contribution in [1.29, 1.82) is 21.0 Å². The SMILES string of the molecule is N#Cc1ccc2c(c1)c1cc(C#N)ccc1n2-c1ccc(-c2nc(-c3ccccc3)nc(-c3ccccc3)n2)cc1-c1ccncc1-n1c2ccc(C#N)cc2c2cc(C#N)ccc21. The molecular formula is C54H28N10. The third kappa shape index (κ3) is 6.08. The van der Waals surface area contributed by atoms with Gasteiger partial charge in [-0.15, -0.1) is 0 Å². The minimum Gasteiger partial charge on any atom is -0.309 e. The molecule has 0 radical (unpaired) electrons. The molecule has 7 aromatic carbocycles. The molecule has 0 aliphatic heterocycles. The van der Waals surface area contributed by atoms with E-state index in [-0.39, 0.29) is 0 Å². The average Bonchev–Trinajstić information content (AvgIpc) is 3.87. The molecule has 0 saturated carbocycles. The molecule has 0 aliphatic carbocycles. The second-order valence-corrected chi connectivity index (χ2v) is 15.2. The van der Waals surface area contributed by atoms with Crippen LogP contribution in [0.4, 0.5) is 0 Å². The van der Waals surface area contributed by atoms with Gasteiger partial charge in [-0.05, 0) is 97.1 Å². The molecule has 0 amide bonds. The zero-order valence-electron chi connectivity index (χ0n) is 33.6. The zero-order chi connectivity index (χ0) is 43.3. The normalized spacial score (nSPS) is 11.1. The fourth-order valence-corrected chi connectivity index (χ4v) is 8.66. The Morgan fingerprint density at radius 3 is 1.19 bits per heavy atom. The predicted octanol–water partition coefficient (Wildman–Crippen LogP) is 11.6. The lowest BCUT2D eigenvalue weighted by molar-refractivity contribution is 1.07. The molecule has 0 spiro atoms. The van der Waals surface area contributed by atoms with Crippen molar-refractivity contribution in [1.82, 2.24) is 29.1 Å². The van der Waals surface area contributed by atoms with Crippen LogP contribution in [0.2, 0.25) is 0 Å². The minimum absolute atomic E-state index is 0.473. The van der Waals surface area contributed by atoms with E-state index in [4.69, 9.17) is 15.0 Å². The third-order valence-electron chi connectivity index (χ3n) is 11.6. The van der Waals surface area contributed by atoms with E-state index in [1.807, 2.05) is 128 Å². The fourth-order valence-electron chi connectivity index (χ4n) is 8.66. The van der Waals surface area contributed by atoms with Crippen molar-refractivity contribution in [3.63, 3.8) is 0 Å². The van der Waals surface area contributed by atoms with Crippen LogP contribution in [0.3, 0.4) is 0 Å². The maximum absolute atomic E-state index is 9.97. The van der Waals surface area contributed by atoms with Crippen LogP contribution in [0.5, 0.6) is 0 Å². The summed E-state index contributed by atoms with van der Waals surface area (Å²) in [6.07, 6.45) is 3.59. The van der Waals surface area contributed by atoms with E-state index >= 15 is 0 Å². The molecule has 10 nitrogen and oxygen atoms in total. The Labute approximate surface area is 365 Å². The summed E-state index contributed by atoms with van der Waals surface area (Å²) in [4.78, 5) is 19.8. The topological polar surface area (TPSA) is 157 Å². The van der Waals surface area contributed by atoms with Gasteiger partial charge in [-0.2, -0.15) is 21.0 Å². The van der Waals surface area contributed by atoms with E-state index in [1.165, 1.54) is 0 Å². The fraction of sp³-hybridized carbons (Fsp3) is 0. The van der Waals surface area contributed by atoms with Crippen LogP contribution < -0.4 is 0 Å². The summed E-state index contributed by atoms with van der Waals surface area (Å²) in [6.45, 7) is 0. The van der Waals surface area contributed by atoms with Gasteiger partial charge in [0.25, 0.3) is 0 Å². The van der Waals surface area contributed by atoms with Crippen molar-refractivity contribution in [2.24, 2.45) is 0 Å². The van der Waals surface area contributed by atoms with Gasteiger partial charge in [-0.1, -0.05) is 60.7 Å². The van der Waals surface area contributed by atoms with E-state index in [1.54, 1.807) is 30.5 Å². The molecule has 0 atom stereocenters. The molecule has 0 bridgehead atoms. The number of pyridine rings is 1. The summed E-state index contributed by atoms with van der Waals surface area (Å²) in [5.41, 5.74) is 11.0. The molecule has 10 heteroatoms. The van der Waals surface area contributed by atoms with Crippen LogP contribution >= 0.6 is 0 Å². The number of hydrogen-bond acceptors (Lipinski definition) is 8. The predicted molar refractivity (Wildman–Crippen MR) is 247 cm³/mol. The van der Waals surface area contributed by atoms with Gasteiger partial charge in [0.1, 0.15) is 0 Å². The third-order valence-corrected chi connectivity index (χ3v) is 11.6. The summed E-state index contributed by atoms with van der Waals surface area (Å²) in [5.74, 6) is 1.53. The first-order valence-electron chi connectivity index (χ1n) is 20.3. The molecule has 11 rings (SSSR count). The van der Waals surface area contributed by atoms with Gasteiger partial charge in [-0.3, -0.25) is 4.98 Å². The number of fused-ring (bicyclic) bond motifs is 6. The van der Waals surface area contributed by atoms with Gasteiger partial charge >= 0.3 is 0 Å². The highest BCUT2D eigenvalue weighted by Gasteiger charge is 2.23. The Morgan fingerprint density at radius 2 is 0.766 bits per heavy atom. The molecule has 0 aliphatic rings. The Morgan fingerprint density at radius 1 is 0.359 bits per heavy atom. The summed E-state index contributed by atoms with van der Waals surface area (Å²) < 4.78 is 4.29. The Hall–Kier alpha value is -9.74. The van der Waals surface area contributed by atoms with E-state index in [0.29, 0.717) is 39.7 Å². The largest absolute Gasteiger partial charge is 0.309 e. The molecule has 11 aromatic rings. The number of hydrogen-bond donors (Lipinski definition) is 0. The molecule has 0 saturated heterocycles. The molecule has 64 heavy (non-hydrogen) atoms. The van der Waals surface area contributed by atoms with Crippen molar-refractivity contribution in [3.8, 4) is 80.9 Å². The number of nitrogens with zero attached hydrogens (tertiary/aromatic N) is 10. The molecule has 4 aromatic heterocycles. The Kier molecular flexibility index (Phi) is 8.77. The highest BCUT2D eigenvalue weighted by atomic mass is 15.0. The van der Waals surface area contributed by atoms with Crippen molar-refractivity contribution >= 4 is 43.6 Å². The van der Waals surface area contributed by atoms with Gasteiger partial charge in [-0.25, -0.2) is 15.0 Å². The smallest absolute Gasteiger partial charge is 0.164 e. The van der Waals surface area contributed by atoms with E-state index in [0.717, 1.165) is 82.8 Å². The standard InChI is InChI=1S/C54H28N10/c55-28-33-11-16-46-41(23-33)42-24-34(29-56)12-17-47(42)63(46)50-20-15-39(54-61-52(37-7-3-1-4-8-37)60-53(62-54)38-9-5-2-6-10-38)27-45(50)40-21-22-59-32-51(40)64-48-18-13-35(30-57)25-43(48)44-26-36(31-58)14-19-49(44)64/h1-27,32H. The number of aromatic nitrogens is 6. The lowest BCUT2D eigenvalue weighted by Gasteiger charge is -2.19. The van der Waals surface area contributed by atoms with E-state index in [9.17, 15) is 21.0 Å². The van der Waals surface area contributed by atoms with Gasteiger partial charge < -0.3 is 9.13 Å². The van der Waals surface area contributed by atoms with Crippen LogP contribution in [-0.2, 0) is 0 Å². The van der Waals surface area contributed by atoms with Gasteiger partial charge in [0.15, 0.2) is 17.5 Å². The number of benzene rings is 7. The van der Waals surface area contributed by atoms with E-state index < -0.39 is 0 Å². The number of rotatable bonds is 6. The molecule has 0 fully saturated rings. The highest BCUT2D eigenvalue weighted by Crippen LogP contribution is 2.42. The highest BCUT2D eigenvalue weighted by molar-refractivity contribution is 6.12. The Bertz CT molecular complexity index is 3690. The summed E-state index contributed by atoms with van der Waals surface area (Å²) in [6, 6.07) is 59.3. The summed E-state index contributed by atoms with van der Waals surface area (Å²) >= 11 is 0. The first kappa shape index (κ1) is 37.3. The second-order valence-electron chi connectivity index (χ2n) is 15.2. The van der Waals surface area contributed by atoms with Gasteiger partial charge in [0.05, 0.1) is 86.2 Å². The zero-order valence-corrected chi connectivity index (χ0v) is 33.6. The molecule has 0 N–H and O–H groups in total. The quantitative estimate of drug-likeness (QED) is 0.160. The van der Waals surface area contributed by atoms with Crippen molar-refractivity contribution < 1.29 is 0 Å².